The zero-order valence-corrected chi connectivity index (χ0v) is 9.32. The minimum atomic E-state index is 0.201. The largest absolute Gasteiger partial charge is 0.353 e. The molecule has 0 aromatic carbocycles. The van der Waals surface area contributed by atoms with Crippen LogP contribution in [0.4, 0.5) is 0 Å². The van der Waals surface area contributed by atoms with Crippen molar-refractivity contribution in [2.75, 3.05) is 12.0 Å². The molecule has 2 nitrogen and oxygen atoms in total. The Balaban J connectivity index is 2.23. The fourth-order valence-electron chi connectivity index (χ4n) is 1.97. The van der Waals surface area contributed by atoms with E-state index in [1.807, 2.05) is 6.26 Å². The second kappa shape index (κ2) is 5.53. The number of carbonyl (C=O) groups excluding carboxylic acids is 1. The Morgan fingerprint density at radius 3 is 2.92 bits per heavy atom. The first-order chi connectivity index (χ1) is 6.22. The molecule has 76 valence electrons. The van der Waals surface area contributed by atoms with Gasteiger partial charge in [0, 0.05) is 6.04 Å². The van der Waals surface area contributed by atoms with Crippen molar-refractivity contribution >= 4 is 17.7 Å². The highest BCUT2D eigenvalue weighted by Gasteiger charge is 2.19. The molecule has 0 aliphatic heterocycles. The lowest BCUT2D eigenvalue weighted by Gasteiger charge is -2.27. The van der Waals surface area contributed by atoms with Gasteiger partial charge in [-0.1, -0.05) is 19.8 Å². The molecule has 1 fully saturated rings. The van der Waals surface area contributed by atoms with E-state index in [4.69, 9.17) is 0 Å². The van der Waals surface area contributed by atoms with Crippen LogP contribution in [0.5, 0.6) is 0 Å². The topological polar surface area (TPSA) is 29.1 Å². The quantitative estimate of drug-likeness (QED) is 0.757. The van der Waals surface area contributed by atoms with Crippen LogP contribution >= 0.6 is 11.8 Å². The molecule has 0 bridgehead atoms. The molecule has 3 heteroatoms. The minimum Gasteiger partial charge on any atom is -0.353 e. The maximum atomic E-state index is 11.3. The Kier molecular flexibility index (Phi) is 4.64. The summed E-state index contributed by atoms with van der Waals surface area (Å²) >= 11 is 1.59. The summed E-state index contributed by atoms with van der Waals surface area (Å²) in [6.07, 6.45) is 6.90. The van der Waals surface area contributed by atoms with E-state index in [0.29, 0.717) is 11.8 Å². The number of hydrogen-bond donors (Lipinski definition) is 1. The van der Waals surface area contributed by atoms with Gasteiger partial charge in [-0.2, -0.15) is 11.8 Å². The van der Waals surface area contributed by atoms with Gasteiger partial charge in [-0.3, -0.25) is 4.79 Å². The third-order valence-electron chi connectivity index (χ3n) is 2.58. The maximum absolute atomic E-state index is 11.3. The predicted molar refractivity (Wildman–Crippen MR) is 57.9 cm³/mol. The van der Waals surface area contributed by atoms with Gasteiger partial charge >= 0.3 is 0 Å². The van der Waals surface area contributed by atoms with Crippen LogP contribution in [0.3, 0.4) is 0 Å². The minimum absolute atomic E-state index is 0.201. The van der Waals surface area contributed by atoms with Gasteiger partial charge in [-0.05, 0) is 25.0 Å². The van der Waals surface area contributed by atoms with E-state index >= 15 is 0 Å². The van der Waals surface area contributed by atoms with Gasteiger partial charge in [0.15, 0.2) is 0 Å². The van der Waals surface area contributed by atoms with Crippen LogP contribution < -0.4 is 5.32 Å². The lowest BCUT2D eigenvalue weighted by molar-refractivity contribution is -0.119. The first-order valence-corrected chi connectivity index (χ1v) is 6.40. The summed E-state index contributed by atoms with van der Waals surface area (Å²) in [5, 5.41) is 3.09. The summed E-state index contributed by atoms with van der Waals surface area (Å²) < 4.78 is 0. The molecule has 1 N–H and O–H groups in total. The average molecular weight is 201 g/mol. The standard InChI is InChI=1S/C10H19NOS/c1-8-4-3-5-9(6-8)11-10(12)7-13-2/h8-9H,3-7H2,1-2H3,(H,11,12). The molecule has 2 atom stereocenters. The van der Waals surface area contributed by atoms with E-state index in [9.17, 15) is 4.79 Å². The van der Waals surface area contributed by atoms with Gasteiger partial charge in [0.2, 0.25) is 5.91 Å². The van der Waals surface area contributed by atoms with Gasteiger partial charge in [0.05, 0.1) is 5.75 Å². The van der Waals surface area contributed by atoms with E-state index in [0.717, 1.165) is 5.92 Å². The third kappa shape index (κ3) is 4.03. The second-order valence-electron chi connectivity index (χ2n) is 3.97. The van der Waals surface area contributed by atoms with Crippen molar-refractivity contribution < 1.29 is 4.79 Å². The molecule has 0 heterocycles. The van der Waals surface area contributed by atoms with Crippen molar-refractivity contribution in [3.63, 3.8) is 0 Å². The third-order valence-corrected chi connectivity index (χ3v) is 3.13. The van der Waals surface area contributed by atoms with Crippen LogP contribution in [0.2, 0.25) is 0 Å². The fraction of sp³-hybridized carbons (Fsp3) is 0.900. The summed E-state index contributed by atoms with van der Waals surface area (Å²) in [6.45, 7) is 2.27. The molecule has 0 aromatic rings. The van der Waals surface area contributed by atoms with Crippen molar-refractivity contribution in [2.24, 2.45) is 5.92 Å². The van der Waals surface area contributed by atoms with Crippen molar-refractivity contribution in [1.82, 2.24) is 5.32 Å². The highest BCUT2D eigenvalue weighted by atomic mass is 32.2. The Labute approximate surface area is 84.9 Å². The molecule has 0 radical (unpaired) electrons. The van der Waals surface area contributed by atoms with E-state index in [1.165, 1.54) is 25.7 Å². The molecular formula is C10H19NOS. The number of amides is 1. The Bertz CT molecular complexity index is 172. The maximum Gasteiger partial charge on any atom is 0.230 e. The number of thioether (sulfide) groups is 1. The molecule has 1 aliphatic rings. The Morgan fingerprint density at radius 1 is 1.54 bits per heavy atom. The van der Waals surface area contributed by atoms with Gasteiger partial charge in [-0.25, -0.2) is 0 Å². The monoisotopic (exact) mass is 201 g/mol. The van der Waals surface area contributed by atoms with Crippen molar-refractivity contribution in [2.45, 2.75) is 38.6 Å². The van der Waals surface area contributed by atoms with Gasteiger partial charge in [-0.15, -0.1) is 0 Å². The van der Waals surface area contributed by atoms with E-state index < -0.39 is 0 Å². The SMILES string of the molecule is CSCC(=O)NC1CCCC(C)C1. The van der Waals surface area contributed by atoms with Crippen LogP contribution in [0, 0.1) is 5.92 Å². The lowest BCUT2D eigenvalue weighted by Crippen LogP contribution is -2.38. The molecule has 2 unspecified atom stereocenters. The van der Waals surface area contributed by atoms with Crippen LogP contribution in [0.15, 0.2) is 0 Å². The Morgan fingerprint density at radius 2 is 2.31 bits per heavy atom. The second-order valence-corrected chi connectivity index (χ2v) is 4.84. The molecular weight excluding hydrogens is 182 g/mol. The summed E-state index contributed by atoms with van der Waals surface area (Å²) in [6, 6.07) is 0.448. The van der Waals surface area contributed by atoms with Crippen molar-refractivity contribution in [3.8, 4) is 0 Å². The van der Waals surface area contributed by atoms with Crippen LogP contribution in [-0.4, -0.2) is 24.0 Å². The van der Waals surface area contributed by atoms with E-state index in [-0.39, 0.29) is 5.91 Å². The summed E-state index contributed by atoms with van der Waals surface area (Å²) in [7, 11) is 0. The smallest absolute Gasteiger partial charge is 0.230 e. The molecule has 0 spiro atoms. The number of nitrogens with one attached hydrogen (secondary N) is 1. The molecule has 1 saturated carbocycles. The number of carbonyl (C=O) groups is 1. The molecule has 0 saturated heterocycles. The highest BCUT2D eigenvalue weighted by molar-refractivity contribution is 7.99. The first kappa shape index (κ1) is 10.9. The predicted octanol–water partition coefficient (Wildman–Crippen LogP) is 2.04. The van der Waals surface area contributed by atoms with E-state index in [2.05, 4.69) is 12.2 Å². The fourth-order valence-corrected chi connectivity index (χ4v) is 2.31. The zero-order valence-electron chi connectivity index (χ0n) is 8.51. The normalized spacial score (nSPS) is 28.5. The van der Waals surface area contributed by atoms with Gasteiger partial charge < -0.3 is 5.32 Å². The molecule has 13 heavy (non-hydrogen) atoms. The lowest BCUT2D eigenvalue weighted by atomic mass is 9.87. The number of rotatable bonds is 3. The summed E-state index contributed by atoms with van der Waals surface area (Å²) in [5.74, 6) is 1.59. The van der Waals surface area contributed by atoms with Crippen LogP contribution in [0.1, 0.15) is 32.6 Å². The average Bonchev–Trinajstić information content (AvgIpc) is 2.04. The molecule has 1 rings (SSSR count). The van der Waals surface area contributed by atoms with Crippen molar-refractivity contribution in [1.29, 1.82) is 0 Å². The summed E-state index contributed by atoms with van der Waals surface area (Å²) in [5.41, 5.74) is 0. The molecule has 1 amide bonds. The first-order valence-electron chi connectivity index (χ1n) is 5.00. The zero-order chi connectivity index (χ0) is 9.68. The van der Waals surface area contributed by atoms with Gasteiger partial charge in [0.25, 0.3) is 0 Å². The number of hydrogen-bond acceptors (Lipinski definition) is 2. The van der Waals surface area contributed by atoms with Gasteiger partial charge in [0.1, 0.15) is 0 Å². The van der Waals surface area contributed by atoms with E-state index in [1.54, 1.807) is 11.8 Å². The summed E-state index contributed by atoms with van der Waals surface area (Å²) in [4.78, 5) is 11.3. The van der Waals surface area contributed by atoms with Crippen LogP contribution in [-0.2, 0) is 4.79 Å². The molecule has 0 aromatic heterocycles. The van der Waals surface area contributed by atoms with Crippen LogP contribution in [0.25, 0.3) is 0 Å². The Hall–Kier alpha value is -0.180. The molecule has 1 aliphatic carbocycles. The van der Waals surface area contributed by atoms with Crippen molar-refractivity contribution in [3.05, 3.63) is 0 Å². The highest BCUT2D eigenvalue weighted by Crippen LogP contribution is 2.23.